The topological polar surface area (TPSA) is 41.1 Å². The van der Waals surface area contributed by atoms with Gasteiger partial charge in [0.1, 0.15) is 5.82 Å². The largest absolute Gasteiger partial charge is 0.322 e. The fourth-order valence-corrected chi connectivity index (χ4v) is 4.44. The Morgan fingerprint density at radius 3 is 2.92 bits per heavy atom. The van der Waals surface area contributed by atoms with Gasteiger partial charge < -0.3 is 5.32 Å². The van der Waals surface area contributed by atoms with Crippen molar-refractivity contribution in [1.82, 2.24) is 14.9 Å². The Labute approximate surface area is 157 Å². The van der Waals surface area contributed by atoms with Crippen LogP contribution >= 0.6 is 27.3 Å². The molecule has 0 aliphatic carbocycles. The summed E-state index contributed by atoms with van der Waals surface area (Å²) in [7, 11) is 0. The minimum atomic E-state index is -0.308. The SMILES string of the molecule is Fc1ccccc1Nc1ncc2c(n1)CCN(Cc1ccc(Br)s1)C2. The van der Waals surface area contributed by atoms with Crippen LogP contribution in [0, 0.1) is 5.82 Å². The van der Waals surface area contributed by atoms with E-state index in [9.17, 15) is 4.39 Å². The molecule has 1 aliphatic rings. The van der Waals surface area contributed by atoms with E-state index in [0.717, 1.165) is 41.1 Å². The Kier molecular flexibility index (Phi) is 4.78. The molecular formula is C18H16BrFN4S. The number of thiophene rings is 1. The van der Waals surface area contributed by atoms with E-state index in [1.807, 2.05) is 6.20 Å². The summed E-state index contributed by atoms with van der Waals surface area (Å²) in [6, 6.07) is 10.8. The molecule has 0 bridgehead atoms. The lowest BCUT2D eigenvalue weighted by molar-refractivity contribution is 0.245. The van der Waals surface area contributed by atoms with Crippen LogP contribution in [-0.4, -0.2) is 21.4 Å². The summed E-state index contributed by atoms with van der Waals surface area (Å²) < 4.78 is 14.9. The first kappa shape index (κ1) is 16.6. The lowest BCUT2D eigenvalue weighted by Gasteiger charge is -2.27. The van der Waals surface area contributed by atoms with Gasteiger partial charge in [-0.05, 0) is 40.2 Å². The number of halogens is 2. The van der Waals surface area contributed by atoms with Gasteiger partial charge >= 0.3 is 0 Å². The smallest absolute Gasteiger partial charge is 0.227 e. The van der Waals surface area contributed by atoms with E-state index in [-0.39, 0.29) is 5.82 Å². The summed E-state index contributed by atoms with van der Waals surface area (Å²) in [5.74, 6) is 0.136. The fourth-order valence-electron chi connectivity index (χ4n) is 2.91. The third kappa shape index (κ3) is 3.89. The summed E-state index contributed by atoms with van der Waals surface area (Å²) in [4.78, 5) is 12.7. The highest BCUT2D eigenvalue weighted by atomic mass is 79.9. The third-order valence-electron chi connectivity index (χ3n) is 4.14. The van der Waals surface area contributed by atoms with Crippen molar-refractivity contribution in [3.05, 3.63) is 68.3 Å². The van der Waals surface area contributed by atoms with Crippen LogP contribution < -0.4 is 5.32 Å². The quantitative estimate of drug-likeness (QED) is 0.663. The number of rotatable bonds is 4. The first-order chi connectivity index (χ1) is 12.2. The normalized spacial score (nSPS) is 14.3. The van der Waals surface area contributed by atoms with Crippen molar-refractivity contribution in [2.75, 3.05) is 11.9 Å². The first-order valence-electron chi connectivity index (χ1n) is 8.00. The Balaban J connectivity index is 1.46. The van der Waals surface area contributed by atoms with Crippen molar-refractivity contribution in [3.8, 4) is 0 Å². The minimum Gasteiger partial charge on any atom is -0.322 e. The standard InChI is InChI=1S/C18H16BrFN4S/c19-17-6-5-13(25-17)11-24-8-7-15-12(10-24)9-21-18(22-15)23-16-4-2-1-3-14(16)20/h1-6,9H,7-8,10-11H2,(H,21,22,23). The second-order valence-corrected chi connectivity index (χ2v) is 8.48. The zero-order valence-electron chi connectivity index (χ0n) is 13.4. The first-order valence-corrected chi connectivity index (χ1v) is 9.61. The molecule has 1 aliphatic heterocycles. The van der Waals surface area contributed by atoms with Crippen LogP contribution in [0.4, 0.5) is 16.0 Å². The Morgan fingerprint density at radius 2 is 2.12 bits per heavy atom. The molecule has 4 rings (SSSR count). The highest BCUT2D eigenvalue weighted by Gasteiger charge is 2.19. The maximum absolute atomic E-state index is 13.7. The van der Waals surface area contributed by atoms with Gasteiger partial charge in [-0.25, -0.2) is 14.4 Å². The van der Waals surface area contributed by atoms with Crippen LogP contribution in [0.3, 0.4) is 0 Å². The van der Waals surface area contributed by atoms with E-state index in [0.29, 0.717) is 11.6 Å². The van der Waals surface area contributed by atoms with E-state index in [1.165, 1.54) is 10.9 Å². The van der Waals surface area contributed by atoms with Crippen molar-refractivity contribution < 1.29 is 4.39 Å². The van der Waals surface area contributed by atoms with Gasteiger partial charge in [0.05, 0.1) is 15.2 Å². The fraction of sp³-hybridized carbons (Fsp3) is 0.222. The van der Waals surface area contributed by atoms with E-state index in [2.05, 4.69) is 48.2 Å². The number of aromatic nitrogens is 2. The molecule has 3 aromatic rings. The molecule has 0 fully saturated rings. The number of nitrogens with zero attached hydrogens (tertiary/aromatic N) is 3. The molecule has 0 saturated heterocycles. The lowest BCUT2D eigenvalue weighted by Crippen LogP contribution is -2.30. The summed E-state index contributed by atoms with van der Waals surface area (Å²) in [5, 5.41) is 2.96. The number of anilines is 2. The Morgan fingerprint density at radius 1 is 1.24 bits per heavy atom. The molecule has 3 heterocycles. The van der Waals surface area contributed by atoms with Crippen molar-refractivity contribution >= 4 is 38.9 Å². The van der Waals surface area contributed by atoms with Crippen molar-refractivity contribution in [2.45, 2.75) is 19.5 Å². The second-order valence-electron chi connectivity index (χ2n) is 5.94. The van der Waals surface area contributed by atoms with Crippen molar-refractivity contribution in [1.29, 1.82) is 0 Å². The van der Waals surface area contributed by atoms with Crippen LogP contribution in [-0.2, 0) is 19.5 Å². The molecule has 0 saturated carbocycles. The minimum absolute atomic E-state index is 0.308. The molecule has 7 heteroatoms. The van der Waals surface area contributed by atoms with Crippen LogP contribution in [0.25, 0.3) is 0 Å². The second kappa shape index (κ2) is 7.19. The van der Waals surface area contributed by atoms with Gasteiger partial charge in [-0.3, -0.25) is 4.90 Å². The number of nitrogens with one attached hydrogen (secondary N) is 1. The predicted octanol–water partition coefficient (Wildman–Crippen LogP) is 4.74. The highest BCUT2D eigenvalue weighted by Crippen LogP contribution is 2.26. The number of fused-ring (bicyclic) bond motifs is 1. The van der Waals surface area contributed by atoms with Gasteiger partial charge in [-0.1, -0.05) is 12.1 Å². The van der Waals surface area contributed by atoms with Crippen molar-refractivity contribution in [2.24, 2.45) is 0 Å². The maximum Gasteiger partial charge on any atom is 0.227 e. The summed E-state index contributed by atoms with van der Waals surface area (Å²) in [5.41, 5.74) is 2.57. The molecule has 0 atom stereocenters. The molecular weight excluding hydrogens is 403 g/mol. The molecule has 0 spiro atoms. The molecule has 128 valence electrons. The van der Waals surface area contributed by atoms with Gasteiger partial charge in [0.2, 0.25) is 5.95 Å². The summed E-state index contributed by atoms with van der Waals surface area (Å²) >= 11 is 5.28. The van der Waals surface area contributed by atoms with Gasteiger partial charge in [0, 0.05) is 42.7 Å². The van der Waals surface area contributed by atoms with Crippen LogP contribution in [0.1, 0.15) is 16.1 Å². The van der Waals surface area contributed by atoms with Gasteiger partial charge in [-0.2, -0.15) is 0 Å². The third-order valence-corrected chi connectivity index (χ3v) is 5.75. The van der Waals surface area contributed by atoms with Crippen LogP contribution in [0.15, 0.2) is 46.4 Å². The average Bonchev–Trinajstić information content (AvgIpc) is 3.02. The average molecular weight is 419 g/mol. The number of benzene rings is 1. The summed E-state index contributed by atoms with van der Waals surface area (Å²) in [6.07, 6.45) is 2.72. The van der Waals surface area contributed by atoms with Crippen LogP contribution in [0.5, 0.6) is 0 Å². The zero-order chi connectivity index (χ0) is 17.2. The number of para-hydroxylation sites is 1. The molecule has 4 nitrogen and oxygen atoms in total. The van der Waals surface area contributed by atoms with E-state index < -0.39 is 0 Å². The molecule has 0 unspecified atom stereocenters. The van der Waals surface area contributed by atoms with Gasteiger partial charge in [0.25, 0.3) is 0 Å². The van der Waals surface area contributed by atoms with E-state index in [4.69, 9.17) is 0 Å². The highest BCUT2D eigenvalue weighted by molar-refractivity contribution is 9.11. The maximum atomic E-state index is 13.7. The molecule has 0 radical (unpaired) electrons. The predicted molar refractivity (Wildman–Crippen MR) is 102 cm³/mol. The van der Waals surface area contributed by atoms with Gasteiger partial charge in [-0.15, -0.1) is 11.3 Å². The molecule has 0 amide bonds. The number of hydrogen-bond acceptors (Lipinski definition) is 5. The monoisotopic (exact) mass is 418 g/mol. The van der Waals surface area contributed by atoms with E-state index in [1.54, 1.807) is 29.5 Å². The van der Waals surface area contributed by atoms with Crippen molar-refractivity contribution in [3.63, 3.8) is 0 Å². The van der Waals surface area contributed by atoms with Crippen LogP contribution in [0.2, 0.25) is 0 Å². The molecule has 25 heavy (non-hydrogen) atoms. The molecule has 2 aromatic heterocycles. The number of hydrogen-bond donors (Lipinski definition) is 1. The van der Waals surface area contributed by atoms with E-state index >= 15 is 0 Å². The Bertz CT molecular complexity index is 898. The van der Waals surface area contributed by atoms with Gasteiger partial charge in [0.15, 0.2) is 0 Å². The molecule has 1 aromatic carbocycles. The molecule has 1 N–H and O–H groups in total. The lowest BCUT2D eigenvalue weighted by atomic mass is 10.1. The zero-order valence-corrected chi connectivity index (χ0v) is 15.8. The summed E-state index contributed by atoms with van der Waals surface area (Å²) in [6.45, 7) is 2.73. The Hall–Kier alpha value is -1.83.